The highest BCUT2D eigenvalue weighted by atomic mass is 19.4. The Bertz CT molecular complexity index is 1570. The van der Waals surface area contributed by atoms with Crippen molar-refractivity contribution in [1.29, 1.82) is 0 Å². The predicted octanol–water partition coefficient (Wildman–Crippen LogP) is 7.32. The van der Waals surface area contributed by atoms with Gasteiger partial charge < -0.3 is 14.5 Å². The van der Waals surface area contributed by atoms with Gasteiger partial charge in [-0.05, 0) is 91.0 Å². The number of fused-ring (bicyclic) bond motifs is 1. The van der Waals surface area contributed by atoms with Gasteiger partial charge in [-0.1, -0.05) is 30.3 Å². The lowest BCUT2D eigenvalue weighted by atomic mass is 9.77. The SMILES string of the molecule is CCOC(=O)CC1CCC(c2ccc(-c3ccc4nc(C(=O)NCc5ccc(C(F)(F)F)c(F)c5)cn4c3)cc2)CC1. The summed E-state index contributed by atoms with van der Waals surface area (Å²) in [4.78, 5) is 28.8. The molecule has 0 bridgehead atoms. The highest BCUT2D eigenvalue weighted by molar-refractivity contribution is 5.92. The number of rotatable bonds is 8. The highest BCUT2D eigenvalue weighted by Crippen LogP contribution is 2.38. The lowest BCUT2D eigenvalue weighted by Crippen LogP contribution is -2.23. The Hall–Kier alpha value is -4.21. The molecule has 0 unspecified atom stereocenters. The molecule has 1 aliphatic carbocycles. The molecule has 1 N–H and O–H groups in total. The highest BCUT2D eigenvalue weighted by Gasteiger charge is 2.34. The number of amides is 1. The van der Waals surface area contributed by atoms with Crippen LogP contribution in [0.5, 0.6) is 0 Å². The zero-order valence-electron chi connectivity index (χ0n) is 23.1. The number of nitrogens with one attached hydrogen (secondary N) is 1. The van der Waals surface area contributed by atoms with Gasteiger partial charge in [0.1, 0.15) is 17.2 Å². The van der Waals surface area contributed by atoms with Crippen molar-refractivity contribution in [3.05, 3.63) is 95.2 Å². The number of carbonyl (C=O) groups excluding carboxylic acids is 2. The Morgan fingerprint density at radius 1 is 0.976 bits per heavy atom. The molecule has 220 valence electrons. The minimum atomic E-state index is -4.78. The molecule has 1 aliphatic rings. The summed E-state index contributed by atoms with van der Waals surface area (Å²) in [6.07, 6.45) is 3.28. The Morgan fingerprint density at radius 3 is 2.36 bits per heavy atom. The van der Waals surface area contributed by atoms with Crippen LogP contribution in [0, 0.1) is 11.7 Å². The molecule has 0 aliphatic heterocycles. The van der Waals surface area contributed by atoms with E-state index in [0.29, 0.717) is 36.6 Å². The summed E-state index contributed by atoms with van der Waals surface area (Å²) >= 11 is 0. The van der Waals surface area contributed by atoms with E-state index in [4.69, 9.17) is 4.74 Å². The van der Waals surface area contributed by atoms with Gasteiger partial charge >= 0.3 is 12.1 Å². The van der Waals surface area contributed by atoms with Crippen molar-refractivity contribution in [1.82, 2.24) is 14.7 Å². The Morgan fingerprint density at radius 2 is 1.69 bits per heavy atom. The fourth-order valence-electron chi connectivity index (χ4n) is 5.55. The zero-order valence-corrected chi connectivity index (χ0v) is 23.1. The van der Waals surface area contributed by atoms with Gasteiger partial charge in [0.25, 0.3) is 5.91 Å². The number of pyridine rings is 1. The summed E-state index contributed by atoms with van der Waals surface area (Å²) < 4.78 is 59.0. The molecule has 42 heavy (non-hydrogen) atoms. The number of nitrogens with zero attached hydrogens (tertiary/aromatic N) is 2. The van der Waals surface area contributed by atoms with E-state index < -0.39 is 23.5 Å². The van der Waals surface area contributed by atoms with E-state index in [1.165, 1.54) is 5.56 Å². The van der Waals surface area contributed by atoms with Crippen molar-refractivity contribution in [2.45, 2.75) is 57.7 Å². The summed E-state index contributed by atoms with van der Waals surface area (Å²) in [6.45, 7) is 2.10. The first-order valence-electron chi connectivity index (χ1n) is 14.0. The molecular weight excluding hydrogens is 550 g/mol. The third kappa shape index (κ3) is 6.80. The first kappa shape index (κ1) is 29.3. The lowest BCUT2D eigenvalue weighted by molar-refractivity contribution is -0.144. The number of esters is 1. The smallest absolute Gasteiger partial charge is 0.419 e. The number of hydrogen-bond acceptors (Lipinski definition) is 4. The molecule has 10 heteroatoms. The lowest BCUT2D eigenvalue weighted by Gasteiger charge is -2.28. The second-order valence-corrected chi connectivity index (χ2v) is 10.7. The van der Waals surface area contributed by atoms with Crippen LogP contribution in [0.25, 0.3) is 16.8 Å². The van der Waals surface area contributed by atoms with Crippen LogP contribution in [0.3, 0.4) is 0 Å². The van der Waals surface area contributed by atoms with Crippen LogP contribution in [-0.2, 0) is 22.3 Å². The molecule has 2 heterocycles. The summed E-state index contributed by atoms with van der Waals surface area (Å²) in [5.74, 6) is -1.17. The quantitative estimate of drug-likeness (QED) is 0.175. The van der Waals surface area contributed by atoms with Gasteiger partial charge in [0.2, 0.25) is 0 Å². The average molecular weight is 582 g/mol. The molecule has 0 radical (unpaired) electrons. The van der Waals surface area contributed by atoms with Crippen LogP contribution in [0.15, 0.2) is 67.0 Å². The van der Waals surface area contributed by atoms with Gasteiger partial charge in [-0.2, -0.15) is 13.2 Å². The summed E-state index contributed by atoms with van der Waals surface area (Å²) in [6, 6.07) is 14.7. The number of benzene rings is 2. The monoisotopic (exact) mass is 581 g/mol. The molecule has 2 aromatic heterocycles. The second kappa shape index (κ2) is 12.3. The number of imidazole rings is 1. The van der Waals surface area contributed by atoms with Gasteiger partial charge in [-0.15, -0.1) is 0 Å². The standard InChI is InChI=1S/C32H31F4N3O3/c1-2-42-30(40)16-20-3-6-22(7-4-20)23-8-10-24(11-9-23)25-12-14-29-38-28(19-39(29)18-25)31(41)37-17-21-5-13-26(27(33)15-21)32(34,35)36/h5,8-15,18-20,22H,2-4,6-7,16-17H2,1H3,(H,37,41). The van der Waals surface area contributed by atoms with Gasteiger partial charge in [0.05, 0.1) is 12.2 Å². The minimum Gasteiger partial charge on any atom is -0.466 e. The molecule has 1 saturated carbocycles. The minimum absolute atomic E-state index is 0.109. The Labute approximate surface area is 240 Å². The summed E-state index contributed by atoms with van der Waals surface area (Å²) in [5.41, 5.74) is 2.78. The summed E-state index contributed by atoms with van der Waals surface area (Å²) in [7, 11) is 0. The maximum atomic E-state index is 13.8. The Kier molecular flexibility index (Phi) is 8.61. The molecule has 1 fully saturated rings. The van der Waals surface area contributed by atoms with Crippen LogP contribution in [0.2, 0.25) is 0 Å². The largest absolute Gasteiger partial charge is 0.466 e. The van der Waals surface area contributed by atoms with Crippen LogP contribution in [-0.4, -0.2) is 27.9 Å². The topological polar surface area (TPSA) is 72.7 Å². The van der Waals surface area contributed by atoms with Gasteiger partial charge in [0, 0.05) is 25.4 Å². The third-order valence-electron chi connectivity index (χ3n) is 7.80. The first-order chi connectivity index (χ1) is 20.1. The Balaban J connectivity index is 1.20. The van der Waals surface area contributed by atoms with Gasteiger partial charge in [-0.25, -0.2) is 9.37 Å². The first-order valence-corrected chi connectivity index (χ1v) is 14.0. The van der Waals surface area contributed by atoms with Crippen molar-refractivity contribution >= 4 is 17.5 Å². The van der Waals surface area contributed by atoms with Crippen LogP contribution in [0.1, 0.15) is 72.1 Å². The van der Waals surface area contributed by atoms with E-state index in [9.17, 15) is 27.2 Å². The molecular formula is C32H31F4N3O3. The molecule has 0 spiro atoms. The molecule has 4 aromatic rings. The van der Waals surface area contributed by atoms with Crippen molar-refractivity contribution < 1.29 is 31.9 Å². The van der Waals surface area contributed by atoms with Crippen molar-refractivity contribution in [3.8, 4) is 11.1 Å². The number of aromatic nitrogens is 2. The van der Waals surface area contributed by atoms with Crippen molar-refractivity contribution in [2.75, 3.05) is 6.61 Å². The number of alkyl halides is 3. The van der Waals surface area contributed by atoms with E-state index in [0.717, 1.165) is 48.9 Å². The van der Waals surface area contributed by atoms with Gasteiger partial charge in [-0.3, -0.25) is 9.59 Å². The van der Waals surface area contributed by atoms with E-state index in [-0.39, 0.29) is 23.8 Å². The van der Waals surface area contributed by atoms with E-state index in [1.807, 2.05) is 19.2 Å². The molecule has 0 atom stereocenters. The van der Waals surface area contributed by atoms with Crippen LogP contribution < -0.4 is 5.32 Å². The van der Waals surface area contributed by atoms with Crippen molar-refractivity contribution in [3.63, 3.8) is 0 Å². The third-order valence-corrected chi connectivity index (χ3v) is 7.80. The maximum absolute atomic E-state index is 13.8. The average Bonchev–Trinajstić information content (AvgIpc) is 3.40. The van der Waals surface area contributed by atoms with E-state index in [1.54, 1.807) is 16.7 Å². The van der Waals surface area contributed by atoms with E-state index >= 15 is 0 Å². The summed E-state index contributed by atoms with van der Waals surface area (Å²) in [5, 5.41) is 2.58. The fourth-order valence-corrected chi connectivity index (χ4v) is 5.55. The van der Waals surface area contributed by atoms with Crippen LogP contribution >= 0.6 is 0 Å². The zero-order chi connectivity index (χ0) is 29.9. The molecule has 6 nitrogen and oxygen atoms in total. The normalized spacial score (nSPS) is 17.3. The van der Waals surface area contributed by atoms with Crippen LogP contribution in [0.4, 0.5) is 17.6 Å². The number of carbonyl (C=O) groups is 2. The van der Waals surface area contributed by atoms with Gasteiger partial charge in [0.15, 0.2) is 0 Å². The second-order valence-electron chi connectivity index (χ2n) is 10.7. The molecule has 1 amide bonds. The number of hydrogen-bond donors (Lipinski definition) is 1. The molecule has 5 rings (SSSR count). The maximum Gasteiger partial charge on any atom is 0.419 e. The predicted molar refractivity (Wildman–Crippen MR) is 149 cm³/mol. The molecule has 2 aromatic carbocycles. The number of ether oxygens (including phenoxy) is 1. The fraction of sp³-hybridized carbons (Fsp3) is 0.344. The van der Waals surface area contributed by atoms with E-state index in [2.05, 4.69) is 34.6 Å². The van der Waals surface area contributed by atoms with Crippen molar-refractivity contribution in [2.24, 2.45) is 5.92 Å². The number of halogens is 4. The molecule has 0 saturated heterocycles.